The van der Waals surface area contributed by atoms with E-state index in [9.17, 15) is 4.79 Å². The van der Waals surface area contributed by atoms with Crippen molar-refractivity contribution in [1.29, 1.82) is 0 Å². The van der Waals surface area contributed by atoms with Gasteiger partial charge in [0.05, 0.1) is 6.61 Å². The molecule has 1 rings (SSSR count). The van der Waals surface area contributed by atoms with E-state index < -0.39 is 0 Å². The third-order valence-electron chi connectivity index (χ3n) is 1.82. The third kappa shape index (κ3) is 2.34. The van der Waals surface area contributed by atoms with E-state index in [2.05, 4.69) is 15.9 Å². The van der Waals surface area contributed by atoms with Crippen LogP contribution in [0.3, 0.4) is 0 Å². The Morgan fingerprint density at radius 2 is 2.50 bits per heavy atom. The molecule has 3 heteroatoms. The van der Waals surface area contributed by atoms with Crippen molar-refractivity contribution < 1.29 is 9.53 Å². The highest BCUT2D eigenvalue weighted by Gasteiger charge is 2.22. The van der Waals surface area contributed by atoms with E-state index in [0.717, 1.165) is 18.6 Å². The molecular weight excluding hydrogens is 220 g/mol. The average molecular weight is 233 g/mol. The smallest absolute Gasteiger partial charge is 0.154 e. The minimum absolute atomic E-state index is 0.208. The van der Waals surface area contributed by atoms with Gasteiger partial charge in [-0.3, -0.25) is 4.79 Å². The number of carbonyl (C=O) groups is 1. The van der Waals surface area contributed by atoms with Gasteiger partial charge in [-0.15, -0.1) is 0 Å². The van der Waals surface area contributed by atoms with Crippen LogP contribution in [0.15, 0.2) is 11.8 Å². The van der Waals surface area contributed by atoms with Crippen LogP contribution in [0.5, 0.6) is 0 Å². The molecule has 12 heavy (non-hydrogen) atoms. The van der Waals surface area contributed by atoms with E-state index in [1.807, 2.05) is 13.0 Å². The van der Waals surface area contributed by atoms with Crippen molar-refractivity contribution in [1.82, 2.24) is 0 Å². The number of alkyl halides is 1. The molecule has 1 unspecified atom stereocenters. The van der Waals surface area contributed by atoms with Crippen molar-refractivity contribution in [2.24, 2.45) is 0 Å². The fourth-order valence-corrected chi connectivity index (χ4v) is 1.76. The van der Waals surface area contributed by atoms with Crippen LogP contribution in [0.2, 0.25) is 0 Å². The van der Waals surface area contributed by atoms with Crippen molar-refractivity contribution in [3.8, 4) is 0 Å². The summed E-state index contributed by atoms with van der Waals surface area (Å²) in [5.41, 5.74) is 0. The van der Waals surface area contributed by atoms with Crippen molar-refractivity contribution in [2.75, 3.05) is 6.61 Å². The first kappa shape index (κ1) is 9.78. The summed E-state index contributed by atoms with van der Waals surface area (Å²) >= 11 is 3.33. The second-order valence-corrected chi connectivity index (χ2v) is 3.68. The molecule has 1 aliphatic rings. The Kier molecular flexibility index (Phi) is 3.79. The van der Waals surface area contributed by atoms with Gasteiger partial charge in [-0.25, -0.2) is 0 Å². The van der Waals surface area contributed by atoms with Crippen molar-refractivity contribution in [3.63, 3.8) is 0 Å². The number of halogens is 1. The first-order chi connectivity index (χ1) is 5.75. The standard InChI is InChI=1S/C9H13BrO2/c1-2-12-8-6-4-3-5-7(11)9(8)10/h6,9H,2-5H2,1H3. The zero-order chi connectivity index (χ0) is 8.97. The van der Waals surface area contributed by atoms with Gasteiger partial charge in [0.2, 0.25) is 0 Å². The summed E-state index contributed by atoms with van der Waals surface area (Å²) in [6.07, 6.45) is 4.55. The Balaban J connectivity index is 2.66. The predicted molar refractivity (Wildman–Crippen MR) is 51.3 cm³/mol. The highest BCUT2D eigenvalue weighted by atomic mass is 79.9. The highest BCUT2D eigenvalue weighted by Crippen LogP contribution is 2.22. The normalized spacial score (nSPS) is 24.7. The van der Waals surface area contributed by atoms with Crippen LogP contribution in [-0.4, -0.2) is 17.2 Å². The fourth-order valence-electron chi connectivity index (χ4n) is 1.21. The van der Waals surface area contributed by atoms with E-state index in [0.29, 0.717) is 13.0 Å². The van der Waals surface area contributed by atoms with E-state index >= 15 is 0 Å². The van der Waals surface area contributed by atoms with Crippen molar-refractivity contribution in [3.05, 3.63) is 11.8 Å². The van der Waals surface area contributed by atoms with Gasteiger partial charge in [-0.1, -0.05) is 15.9 Å². The minimum atomic E-state index is -0.208. The molecule has 0 aromatic heterocycles. The van der Waals surface area contributed by atoms with Crippen molar-refractivity contribution >= 4 is 21.7 Å². The zero-order valence-electron chi connectivity index (χ0n) is 7.18. The SMILES string of the molecule is CCOC1=CCCCC(=O)C1Br. The first-order valence-electron chi connectivity index (χ1n) is 4.25. The van der Waals surface area contributed by atoms with Gasteiger partial charge in [0.1, 0.15) is 10.6 Å². The average Bonchev–Trinajstić information content (AvgIpc) is 2.20. The molecule has 68 valence electrons. The van der Waals surface area contributed by atoms with Crippen LogP contribution in [0.25, 0.3) is 0 Å². The molecule has 0 radical (unpaired) electrons. The summed E-state index contributed by atoms with van der Waals surface area (Å²) < 4.78 is 5.34. The summed E-state index contributed by atoms with van der Waals surface area (Å²) in [6, 6.07) is 0. The van der Waals surface area contributed by atoms with E-state index in [1.54, 1.807) is 0 Å². The van der Waals surface area contributed by atoms with Gasteiger partial charge in [0.15, 0.2) is 5.78 Å². The van der Waals surface area contributed by atoms with Gasteiger partial charge in [0, 0.05) is 6.42 Å². The molecule has 0 saturated heterocycles. The lowest BCUT2D eigenvalue weighted by atomic mass is 10.2. The lowest BCUT2D eigenvalue weighted by molar-refractivity contribution is -0.118. The molecule has 0 fully saturated rings. The molecule has 0 bridgehead atoms. The Labute approximate surface area is 81.1 Å². The van der Waals surface area contributed by atoms with Gasteiger partial charge in [0.25, 0.3) is 0 Å². The molecular formula is C9H13BrO2. The number of Topliss-reactive ketones (excluding diaryl/α,β-unsaturated/α-hetero) is 1. The monoisotopic (exact) mass is 232 g/mol. The molecule has 0 aromatic carbocycles. The summed E-state index contributed by atoms with van der Waals surface area (Å²) in [5, 5.41) is 0. The molecule has 0 heterocycles. The molecule has 0 aliphatic heterocycles. The van der Waals surface area contributed by atoms with Crippen LogP contribution in [-0.2, 0) is 9.53 Å². The second kappa shape index (κ2) is 4.65. The number of allylic oxidation sites excluding steroid dienone is 2. The second-order valence-electron chi connectivity index (χ2n) is 2.76. The van der Waals surface area contributed by atoms with Gasteiger partial charge >= 0.3 is 0 Å². The molecule has 0 N–H and O–H groups in total. The molecule has 0 aromatic rings. The van der Waals surface area contributed by atoms with Crippen LogP contribution in [0, 0.1) is 0 Å². The maximum Gasteiger partial charge on any atom is 0.154 e. The Morgan fingerprint density at radius 1 is 1.75 bits per heavy atom. The highest BCUT2D eigenvalue weighted by molar-refractivity contribution is 9.10. The third-order valence-corrected chi connectivity index (χ3v) is 2.78. The summed E-state index contributed by atoms with van der Waals surface area (Å²) in [5.74, 6) is 1.02. The van der Waals surface area contributed by atoms with Gasteiger partial charge in [-0.2, -0.15) is 0 Å². The first-order valence-corrected chi connectivity index (χ1v) is 5.17. The Morgan fingerprint density at radius 3 is 3.17 bits per heavy atom. The lowest BCUT2D eigenvalue weighted by Crippen LogP contribution is -2.16. The summed E-state index contributed by atoms with van der Waals surface area (Å²) in [4.78, 5) is 11.1. The number of hydrogen-bond acceptors (Lipinski definition) is 2. The van der Waals surface area contributed by atoms with E-state index in [-0.39, 0.29) is 10.6 Å². The molecule has 1 atom stereocenters. The van der Waals surface area contributed by atoms with E-state index in [4.69, 9.17) is 4.74 Å². The lowest BCUT2D eigenvalue weighted by Gasteiger charge is -2.11. The quantitative estimate of drug-likeness (QED) is 0.684. The van der Waals surface area contributed by atoms with Gasteiger partial charge in [-0.05, 0) is 25.8 Å². The maximum atomic E-state index is 11.3. The summed E-state index contributed by atoms with van der Waals surface area (Å²) in [7, 11) is 0. The topological polar surface area (TPSA) is 26.3 Å². The molecule has 0 spiro atoms. The molecule has 1 aliphatic carbocycles. The van der Waals surface area contributed by atoms with Crippen LogP contribution >= 0.6 is 15.9 Å². The van der Waals surface area contributed by atoms with E-state index in [1.165, 1.54) is 0 Å². The Bertz CT molecular complexity index is 199. The number of carbonyl (C=O) groups excluding carboxylic acids is 1. The predicted octanol–water partition coefficient (Wildman–Crippen LogP) is 2.42. The Hall–Kier alpha value is -0.310. The largest absolute Gasteiger partial charge is 0.497 e. The number of ketones is 1. The molecule has 2 nitrogen and oxygen atoms in total. The molecule has 0 amide bonds. The maximum absolute atomic E-state index is 11.3. The number of ether oxygens (including phenoxy) is 1. The van der Waals surface area contributed by atoms with Crippen LogP contribution in [0.1, 0.15) is 26.2 Å². The van der Waals surface area contributed by atoms with Crippen LogP contribution in [0.4, 0.5) is 0 Å². The zero-order valence-corrected chi connectivity index (χ0v) is 8.76. The summed E-state index contributed by atoms with van der Waals surface area (Å²) in [6.45, 7) is 2.55. The van der Waals surface area contributed by atoms with Gasteiger partial charge < -0.3 is 4.74 Å². The number of rotatable bonds is 2. The fraction of sp³-hybridized carbons (Fsp3) is 0.667. The minimum Gasteiger partial charge on any atom is -0.497 e. The number of hydrogen-bond donors (Lipinski definition) is 0. The molecule has 0 saturated carbocycles. The van der Waals surface area contributed by atoms with Crippen molar-refractivity contribution in [2.45, 2.75) is 31.0 Å². The van der Waals surface area contributed by atoms with Crippen LogP contribution < -0.4 is 0 Å².